The highest BCUT2D eigenvalue weighted by atomic mass is 19.4. The molecule has 122 valence electrons. The van der Waals surface area contributed by atoms with Crippen LogP contribution < -0.4 is 0 Å². The number of aliphatic carboxylic acids is 1. The number of carbonyl (C=O) groups excluding carboxylic acids is 1. The van der Waals surface area contributed by atoms with Gasteiger partial charge in [0.15, 0.2) is 0 Å². The van der Waals surface area contributed by atoms with Gasteiger partial charge in [-0.2, -0.15) is 13.2 Å². The fourth-order valence-corrected chi connectivity index (χ4v) is 2.74. The molecule has 0 radical (unpaired) electrons. The van der Waals surface area contributed by atoms with Gasteiger partial charge in [-0.1, -0.05) is 19.3 Å². The maximum Gasteiger partial charge on any atom is 0.411 e. The van der Waals surface area contributed by atoms with Crippen LogP contribution in [-0.2, 0) is 14.3 Å². The zero-order chi connectivity index (χ0) is 16.1. The fraction of sp³-hybridized carbons (Fsp3) is 0.846. The summed E-state index contributed by atoms with van der Waals surface area (Å²) in [5.41, 5.74) is -0.817. The van der Waals surface area contributed by atoms with E-state index in [0.29, 0.717) is 12.8 Å². The van der Waals surface area contributed by atoms with Crippen LogP contribution in [0.1, 0.15) is 38.5 Å². The molecule has 0 spiro atoms. The normalized spacial score (nSPS) is 18.3. The van der Waals surface area contributed by atoms with Gasteiger partial charge in [-0.25, -0.2) is 0 Å². The van der Waals surface area contributed by atoms with Gasteiger partial charge < -0.3 is 14.7 Å². The summed E-state index contributed by atoms with van der Waals surface area (Å²) >= 11 is 0. The standard InChI is InChI=1S/C13H20F3NO4/c1-17(10(18)8-21-9-13(14,15)16)12(7-11(19)20)5-3-2-4-6-12/h2-9H2,1H3,(H,19,20). The third-order valence-electron chi connectivity index (χ3n) is 3.84. The molecule has 1 saturated carbocycles. The fourth-order valence-electron chi connectivity index (χ4n) is 2.74. The van der Waals surface area contributed by atoms with E-state index in [1.165, 1.54) is 11.9 Å². The number of halogens is 3. The molecule has 0 saturated heterocycles. The molecule has 1 amide bonds. The van der Waals surface area contributed by atoms with Crippen LogP contribution in [0.4, 0.5) is 13.2 Å². The number of hydrogen-bond donors (Lipinski definition) is 1. The zero-order valence-corrected chi connectivity index (χ0v) is 11.9. The van der Waals surface area contributed by atoms with E-state index >= 15 is 0 Å². The van der Waals surface area contributed by atoms with E-state index in [2.05, 4.69) is 4.74 Å². The van der Waals surface area contributed by atoms with Crippen molar-refractivity contribution in [2.24, 2.45) is 0 Å². The minimum Gasteiger partial charge on any atom is -0.481 e. The number of likely N-dealkylation sites (N-methyl/N-ethyl adjacent to an activating group) is 1. The molecular formula is C13H20F3NO4. The minimum absolute atomic E-state index is 0.200. The van der Waals surface area contributed by atoms with Gasteiger partial charge in [0.25, 0.3) is 0 Å². The third-order valence-corrected chi connectivity index (χ3v) is 3.84. The Labute approximate surface area is 121 Å². The molecule has 21 heavy (non-hydrogen) atoms. The molecule has 5 nitrogen and oxygen atoms in total. The molecule has 0 unspecified atom stereocenters. The van der Waals surface area contributed by atoms with Gasteiger partial charge in [-0.3, -0.25) is 9.59 Å². The van der Waals surface area contributed by atoms with Crippen molar-refractivity contribution in [2.75, 3.05) is 20.3 Å². The molecule has 1 aliphatic carbocycles. The van der Waals surface area contributed by atoms with Crippen molar-refractivity contribution in [3.8, 4) is 0 Å². The SMILES string of the molecule is CN(C(=O)COCC(F)(F)F)C1(CC(=O)O)CCCCC1. The molecule has 0 atom stereocenters. The van der Waals surface area contributed by atoms with Crippen LogP contribution in [0.3, 0.4) is 0 Å². The summed E-state index contributed by atoms with van der Waals surface area (Å²) in [4.78, 5) is 24.2. The number of carboxylic acid groups (broad SMARTS) is 1. The maximum absolute atomic E-state index is 12.0. The van der Waals surface area contributed by atoms with E-state index in [0.717, 1.165) is 19.3 Å². The summed E-state index contributed by atoms with van der Waals surface area (Å²) in [6, 6.07) is 0. The maximum atomic E-state index is 12.0. The first-order chi connectivity index (χ1) is 9.66. The van der Waals surface area contributed by atoms with Crippen molar-refractivity contribution in [2.45, 2.75) is 50.2 Å². The lowest BCUT2D eigenvalue weighted by atomic mass is 9.78. The average molecular weight is 311 g/mol. The second-order valence-corrected chi connectivity index (χ2v) is 5.42. The Bertz CT molecular complexity index is 378. The Morgan fingerprint density at radius 2 is 1.81 bits per heavy atom. The van der Waals surface area contributed by atoms with Crippen molar-refractivity contribution in [3.05, 3.63) is 0 Å². The molecule has 1 rings (SSSR count). The van der Waals surface area contributed by atoms with Crippen LogP contribution in [0, 0.1) is 0 Å². The van der Waals surface area contributed by atoms with E-state index in [9.17, 15) is 22.8 Å². The molecule has 1 aliphatic rings. The van der Waals surface area contributed by atoms with E-state index < -0.39 is 36.8 Å². The highest BCUT2D eigenvalue weighted by molar-refractivity contribution is 5.79. The first kappa shape index (κ1) is 17.7. The van der Waals surface area contributed by atoms with E-state index in [1.807, 2.05) is 0 Å². The number of nitrogens with zero attached hydrogens (tertiary/aromatic N) is 1. The Morgan fingerprint density at radius 1 is 1.24 bits per heavy atom. The summed E-state index contributed by atoms with van der Waals surface area (Å²) in [7, 11) is 1.44. The quantitative estimate of drug-likeness (QED) is 0.816. The molecule has 1 N–H and O–H groups in total. The van der Waals surface area contributed by atoms with E-state index in [-0.39, 0.29) is 6.42 Å². The number of carbonyl (C=O) groups is 2. The summed E-state index contributed by atoms with van der Waals surface area (Å²) in [6.45, 7) is -2.18. The largest absolute Gasteiger partial charge is 0.481 e. The smallest absolute Gasteiger partial charge is 0.411 e. The van der Waals surface area contributed by atoms with Crippen molar-refractivity contribution >= 4 is 11.9 Å². The summed E-state index contributed by atoms with van der Waals surface area (Å²) < 4.78 is 40.3. The molecular weight excluding hydrogens is 291 g/mol. The number of ether oxygens (including phenoxy) is 1. The molecule has 0 aliphatic heterocycles. The molecule has 0 aromatic rings. The van der Waals surface area contributed by atoms with E-state index in [4.69, 9.17) is 5.11 Å². The van der Waals surface area contributed by atoms with Gasteiger partial charge >= 0.3 is 12.1 Å². The van der Waals surface area contributed by atoms with Gasteiger partial charge in [0.05, 0.1) is 12.0 Å². The molecule has 0 bridgehead atoms. The Kier molecular flexibility index (Phi) is 6.00. The van der Waals surface area contributed by atoms with Crippen molar-refractivity contribution in [3.63, 3.8) is 0 Å². The lowest BCUT2D eigenvalue weighted by molar-refractivity contribution is -0.179. The lowest BCUT2D eigenvalue weighted by Crippen LogP contribution is -2.53. The number of carboxylic acids is 1. The van der Waals surface area contributed by atoms with Gasteiger partial charge in [0, 0.05) is 7.05 Å². The minimum atomic E-state index is -4.48. The Hall–Kier alpha value is -1.31. The van der Waals surface area contributed by atoms with Crippen molar-refractivity contribution < 1.29 is 32.6 Å². The Balaban J connectivity index is 2.64. The van der Waals surface area contributed by atoms with Gasteiger partial charge in [-0.15, -0.1) is 0 Å². The van der Waals surface area contributed by atoms with Crippen LogP contribution in [-0.4, -0.2) is 53.9 Å². The molecule has 0 aromatic heterocycles. The zero-order valence-electron chi connectivity index (χ0n) is 11.9. The summed E-state index contributed by atoms with van der Waals surface area (Å²) in [6.07, 6.45) is -1.03. The lowest BCUT2D eigenvalue weighted by Gasteiger charge is -2.43. The third kappa shape index (κ3) is 5.53. The molecule has 8 heteroatoms. The number of rotatable bonds is 6. The van der Waals surface area contributed by atoms with E-state index in [1.54, 1.807) is 0 Å². The molecule has 0 heterocycles. The molecule has 1 fully saturated rings. The molecule has 0 aromatic carbocycles. The number of alkyl halides is 3. The average Bonchev–Trinajstić information content (AvgIpc) is 2.36. The summed E-state index contributed by atoms with van der Waals surface area (Å²) in [5, 5.41) is 9.03. The predicted octanol–water partition coefficient (Wildman–Crippen LogP) is 2.20. The van der Waals surface area contributed by atoms with Crippen molar-refractivity contribution in [1.29, 1.82) is 0 Å². The highest BCUT2D eigenvalue weighted by Gasteiger charge is 2.40. The predicted molar refractivity (Wildman–Crippen MR) is 67.7 cm³/mol. The topological polar surface area (TPSA) is 66.8 Å². The van der Waals surface area contributed by atoms with Crippen LogP contribution >= 0.6 is 0 Å². The second-order valence-electron chi connectivity index (χ2n) is 5.42. The Morgan fingerprint density at radius 3 is 2.29 bits per heavy atom. The first-order valence-electron chi connectivity index (χ1n) is 6.79. The number of amides is 1. The monoisotopic (exact) mass is 311 g/mol. The van der Waals surface area contributed by atoms with Gasteiger partial charge in [0.1, 0.15) is 13.2 Å². The van der Waals surface area contributed by atoms with Crippen LogP contribution in [0.2, 0.25) is 0 Å². The first-order valence-corrected chi connectivity index (χ1v) is 6.79. The van der Waals surface area contributed by atoms with Gasteiger partial charge in [0.2, 0.25) is 5.91 Å². The van der Waals surface area contributed by atoms with Crippen LogP contribution in [0.25, 0.3) is 0 Å². The van der Waals surface area contributed by atoms with Crippen LogP contribution in [0.15, 0.2) is 0 Å². The highest BCUT2D eigenvalue weighted by Crippen LogP contribution is 2.36. The van der Waals surface area contributed by atoms with Crippen molar-refractivity contribution in [1.82, 2.24) is 4.90 Å². The number of hydrogen-bond acceptors (Lipinski definition) is 3. The van der Waals surface area contributed by atoms with Crippen LogP contribution in [0.5, 0.6) is 0 Å². The second kappa shape index (κ2) is 7.11. The van der Waals surface area contributed by atoms with Gasteiger partial charge in [-0.05, 0) is 12.8 Å². The summed E-state index contributed by atoms with van der Waals surface area (Å²) in [5.74, 6) is -1.64.